The molecule has 0 fully saturated rings. The summed E-state index contributed by atoms with van der Waals surface area (Å²) in [6.45, 7) is 2.00. The van der Waals surface area contributed by atoms with E-state index in [1.807, 2.05) is 42.6 Å². The van der Waals surface area contributed by atoms with Gasteiger partial charge in [-0.05, 0) is 36.1 Å². The van der Waals surface area contributed by atoms with Crippen molar-refractivity contribution in [1.82, 2.24) is 15.6 Å². The Balaban J connectivity index is 1.81. The van der Waals surface area contributed by atoms with E-state index in [9.17, 15) is 18.0 Å². The number of ether oxygens (including phenoxy) is 1. The standard InChI is InChI=1S/C25H30N4O7S2/c1-4-23-26-22(16-37-23)20(14-18-10-12-19(13-11-18)29-38(32,33)36-35-3)27-24(30)21(28-25(31)34-2)15-17-8-6-5-7-9-17/h5-13,16,20-21,29H,4,14-15H2,1-3H3,(H,27,30)(H,28,31)/t20?,21-/m0/s1. The topological polar surface area (TPSA) is 145 Å². The monoisotopic (exact) mass is 562 g/mol. The average Bonchev–Trinajstić information content (AvgIpc) is 3.38. The van der Waals surface area contributed by atoms with E-state index in [0.717, 1.165) is 29.7 Å². The summed E-state index contributed by atoms with van der Waals surface area (Å²) in [6, 6.07) is 14.5. The molecule has 2 amide bonds. The number of aromatic nitrogens is 1. The lowest BCUT2D eigenvalue weighted by molar-refractivity contribution is -0.171. The minimum Gasteiger partial charge on any atom is -0.453 e. The van der Waals surface area contributed by atoms with Crippen LogP contribution in [0.15, 0.2) is 60.0 Å². The van der Waals surface area contributed by atoms with Gasteiger partial charge in [-0.1, -0.05) is 53.7 Å². The zero-order valence-electron chi connectivity index (χ0n) is 21.2. The second kappa shape index (κ2) is 13.9. The summed E-state index contributed by atoms with van der Waals surface area (Å²) in [6.07, 6.45) is 0.681. The molecule has 204 valence electrons. The molecular weight excluding hydrogens is 532 g/mol. The van der Waals surface area contributed by atoms with Gasteiger partial charge >= 0.3 is 16.4 Å². The number of benzene rings is 2. The molecule has 0 saturated heterocycles. The molecule has 0 aliphatic heterocycles. The lowest BCUT2D eigenvalue weighted by Crippen LogP contribution is -2.49. The molecule has 11 nitrogen and oxygen atoms in total. The molecule has 0 aliphatic carbocycles. The molecule has 0 radical (unpaired) electrons. The van der Waals surface area contributed by atoms with E-state index in [1.54, 1.807) is 24.3 Å². The number of thiazole rings is 1. The first kappa shape index (κ1) is 29.0. The fourth-order valence-electron chi connectivity index (χ4n) is 3.61. The molecule has 2 aromatic carbocycles. The number of hydrogen-bond acceptors (Lipinski definition) is 9. The summed E-state index contributed by atoms with van der Waals surface area (Å²) >= 11 is 1.50. The predicted molar refractivity (Wildman–Crippen MR) is 143 cm³/mol. The van der Waals surface area contributed by atoms with Crippen LogP contribution in [0.1, 0.15) is 34.8 Å². The number of alkyl carbamates (subject to hydrolysis) is 1. The van der Waals surface area contributed by atoms with Crippen LogP contribution in [0, 0.1) is 0 Å². The van der Waals surface area contributed by atoms with Crippen molar-refractivity contribution in [1.29, 1.82) is 0 Å². The molecular formula is C25H30N4O7S2. The van der Waals surface area contributed by atoms with E-state index in [1.165, 1.54) is 18.4 Å². The molecule has 0 bridgehead atoms. The Morgan fingerprint density at radius 3 is 2.26 bits per heavy atom. The molecule has 1 heterocycles. The minimum atomic E-state index is -4.11. The molecule has 3 N–H and O–H groups in total. The van der Waals surface area contributed by atoms with Gasteiger partial charge in [0.15, 0.2) is 0 Å². The summed E-state index contributed by atoms with van der Waals surface area (Å²) in [5.74, 6) is -0.392. The average molecular weight is 563 g/mol. The predicted octanol–water partition coefficient (Wildman–Crippen LogP) is 3.31. The number of methoxy groups -OCH3 is 1. The zero-order chi connectivity index (χ0) is 27.5. The Labute approximate surface area is 225 Å². The van der Waals surface area contributed by atoms with Crippen molar-refractivity contribution in [3.05, 3.63) is 81.8 Å². The van der Waals surface area contributed by atoms with Crippen molar-refractivity contribution in [2.24, 2.45) is 0 Å². The second-order valence-corrected chi connectivity index (χ2v) is 10.3. The quantitative estimate of drug-likeness (QED) is 0.213. The number of anilines is 1. The highest BCUT2D eigenvalue weighted by Gasteiger charge is 2.26. The van der Waals surface area contributed by atoms with E-state index >= 15 is 0 Å². The second-order valence-electron chi connectivity index (χ2n) is 8.15. The van der Waals surface area contributed by atoms with Gasteiger partial charge in [0.1, 0.15) is 6.04 Å². The first-order chi connectivity index (χ1) is 18.2. The normalized spacial score (nSPS) is 12.8. The van der Waals surface area contributed by atoms with E-state index in [2.05, 4.69) is 29.6 Å². The molecule has 1 unspecified atom stereocenters. The van der Waals surface area contributed by atoms with E-state index in [4.69, 9.17) is 4.74 Å². The minimum absolute atomic E-state index is 0.268. The Morgan fingerprint density at radius 1 is 0.974 bits per heavy atom. The van der Waals surface area contributed by atoms with Crippen molar-refractivity contribution in [2.75, 3.05) is 18.9 Å². The van der Waals surface area contributed by atoms with Crippen LogP contribution in [0.5, 0.6) is 0 Å². The van der Waals surface area contributed by atoms with Gasteiger partial charge < -0.3 is 15.4 Å². The van der Waals surface area contributed by atoms with E-state index in [0.29, 0.717) is 12.1 Å². The summed E-state index contributed by atoms with van der Waals surface area (Å²) in [7, 11) is -1.78. The molecule has 1 aromatic heterocycles. The van der Waals surface area contributed by atoms with Crippen LogP contribution in [0.4, 0.5) is 10.5 Å². The highest BCUT2D eigenvalue weighted by molar-refractivity contribution is 7.88. The van der Waals surface area contributed by atoms with Gasteiger partial charge in [0, 0.05) is 11.8 Å². The fraction of sp³-hybridized carbons (Fsp3) is 0.320. The number of nitrogens with one attached hydrogen (secondary N) is 3. The molecule has 38 heavy (non-hydrogen) atoms. The van der Waals surface area contributed by atoms with Crippen LogP contribution in [-0.4, -0.2) is 45.7 Å². The lowest BCUT2D eigenvalue weighted by Gasteiger charge is -2.23. The lowest BCUT2D eigenvalue weighted by atomic mass is 10.0. The van der Waals surface area contributed by atoms with Gasteiger partial charge in [0.2, 0.25) is 5.91 Å². The third-order valence-corrected chi connectivity index (χ3v) is 7.23. The molecule has 0 aliphatic rings. The first-order valence-corrected chi connectivity index (χ1v) is 14.0. The third kappa shape index (κ3) is 8.80. The Kier molecular flexibility index (Phi) is 10.6. The summed E-state index contributed by atoms with van der Waals surface area (Å²) in [5.41, 5.74) is 2.66. The van der Waals surface area contributed by atoms with Crippen LogP contribution in [-0.2, 0) is 48.3 Å². The highest BCUT2D eigenvalue weighted by atomic mass is 32.2. The maximum absolute atomic E-state index is 13.4. The number of rotatable bonds is 13. The van der Waals surface area contributed by atoms with E-state index < -0.39 is 34.4 Å². The van der Waals surface area contributed by atoms with Crippen molar-refractivity contribution in [3.63, 3.8) is 0 Å². The summed E-state index contributed by atoms with van der Waals surface area (Å²) < 4.78 is 34.6. The van der Waals surface area contributed by atoms with Crippen LogP contribution in [0.25, 0.3) is 0 Å². The molecule has 2 atom stereocenters. The van der Waals surface area contributed by atoms with Gasteiger partial charge in [0.05, 0.1) is 36.7 Å². The SMILES string of the molecule is CCc1nc(C(Cc2ccc(NS(=O)(=O)OOC)cc2)NC(=O)[C@H](Cc2ccccc2)NC(=O)OC)cs1. The molecule has 3 rings (SSSR count). The van der Waals surface area contributed by atoms with Crippen molar-refractivity contribution >= 4 is 39.3 Å². The molecule has 3 aromatic rings. The Bertz CT molecular complexity index is 1300. The number of carbonyl (C=O) groups excluding carboxylic acids is 2. The molecule has 0 saturated carbocycles. The molecule has 13 heteroatoms. The maximum atomic E-state index is 13.4. The van der Waals surface area contributed by atoms with Crippen LogP contribution >= 0.6 is 11.3 Å². The maximum Gasteiger partial charge on any atom is 0.407 e. The van der Waals surface area contributed by atoms with Gasteiger partial charge in [0.25, 0.3) is 0 Å². The highest BCUT2D eigenvalue weighted by Crippen LogP contribution is 2.23. The number of carbonyl (C=O) groups is 2. The number of nitrogens with zero attached hydrogens (tertiary/aromatic N) is 1. The number of aryl methyl sites for hydroxylation is 1. The summed E-state index contributed by atoms with van der Waals surface area (Å²) in [5, 5.41) is 8.46. The fourth-order valence-corrected chi connectivity index (χ4v) is 5.04. The van der Waals surface area contributed by atoms with Crippen molar-refractivity contribution in [2.45, 2.75) is 38.3 Å². The van der Waals surface area contributed by atoms with Crippen LogP contribution in [0.2, 0.25) is 0 Å². The van der Waals surface area contributed by atoms with Crippen LogP contribution < -0.4 is 15.4 Å². The molecule has 0 spiro atoms. The van der Waals surface area contributed by atoms with Crippen molar-refractivity contribution < 1.29 is 32.0 Å². The number of hydrogen-bond donors (Lipinski definition) is 3. The van der Waals surface area contributed by atoms with Gasteiger partial charge in [-0.2, -0.15) is 8.42 Å². The van der Waals surface area contributed by atoms with Crippen molar-refractivity contribution in [3.8, 4) is 0 Å². The van der Waals surface area contributed by atoms with Gasteiger partial charge in [-0.15, -0.1) is 11.3 Å². The Morgan fingerprint density at radius 2 is 1.66 bits per heavy atom. The third-order valence-electron chi connectivity index (χ3n) is 5.42. The van der Waals surface area contributed by atoms with Crippen LogP contribution in [0.3, 0.4) is 0 Å². The summed E-state index contributed by atoms with van der Waals surface area (Å²) in [4.78, 5) is 34.3. The van der Waals surface area contributed by atoms with E-state index in [-0.39, 0.29) is 12.1 Å². The zero-order valence-corrected chi connectivity index (χ0v) is 22.8. The Hall–Kier alpha value is -3.52. The smallest absolute Gasteiger partial charge is 0.407 e. The number of amides is 2. The first-order valence-electron chi connectivity index (χ1n) is 11.7. The largest absolute Gasteiger partial charge is 0.453 e. The van der Waals surface area contributed by atoms with Gasteiger partial charge in [-0.25, -0.2) is 14.7 Å². The van der Waals surface area contributed by atoms with Gasteiger partial charge in [-0.3, -0.25) is 9.52 Å².